The molecule has 4 nitrogen and oxygen atoms in total. The molecule has 1 aromatic heterocycles. The molecule has 106 valence electrons. The summed E-state index contributed by atoms with van der Waals surface area (Å²) in [6.45, 7) is 7.52. The quantitative estimate of drug-likeness (QED) is 0.903. The van der Waals surface area contributed by atoms with Crippen molar-refractivity contribution in [2.75, 3.05) is 33.2 Å². The van der Waals surface area contributed by atoms with E-state index in [0.717, 1.165) is 25.6 Å². The number of aryl methyl sites for hydroxylation is 1. The van der Waals surface area contributed by atoms with Gasteiger partial charge in [0, 0.05) is 30.1 Å². The van der Waals surface area contributed by atoms with Gasteiger partial charge in [0.25, 0.3) is 0 Å². The van der Waals surface area contributed by atoms with Gasteiger partial charge in [-0.2, -0.15) is 0 Å². The van der Waals surface area contributed by atoms with Crippen molar-refractivity contribution in [1.82, 2.24) is 14.8 Å². The van der Waals surface area contributed by atoms with Crippen molar-refractivity contribution >= 4 is 11.3 Å². The number of nitrogens with zero attached hydrogens (tertiary/aromatic N) is 3. The predicted octanol–water partition coefficient (Wildman–Crippen LogP) is 1.31. The Hall–Kier alpha value is -0.490. The Morgan fingerprint density at radius 2 is 2.26 bits per heavy atom. The Morgan fingerprint density at radius 1 is 1.53 bits per heavy atom. The molecule has 3 saturated heterocycles. The number of hydrogen-bond acceptors (Lipinski definition) is 5. The molecular formula is C14H24N4S. The summed E-state index contributed by atoms with van der Waals surface area (Å²) in [7, 11) is 2.24. The first-order valence-corrected chi connectivity index (χ1v) is 8.06. The fourth-order valence-corrected chi connectivity index (χ4v) is 4.64. The van der Waals surface area contributed by atoms with Gasteiger partial charge in [-0.1, -0.05) is 0 Å². The van der Waals surface area contributed by atoms with Crippen molar-refractivity contribution in [2.24, 2.45) is 11.7 Å². The van der Waals surface area contributed by atoms with E-state index in [2.05, 4.69) is 28.8 Å². The van der Waals surface area contributed by atoms with Crippen molar-refractivity contribution in [2.45, 2.75) is 31.8 Å². The van der Waals surface area contributed by atoms with Gasteiger partial charge in [0.05, 0.1) is 11.2 Å². The van der Waals surface area contributed by atoms with Crippen LogP contribution in [0.15, 0.2) is 5.51 Å². The van der Waals surface area contributed by atoms with Crippen LogP contribution in [0.1, 0.15) is 23.4 Å². The van der Waals surface area contributed by atoms with E-state index in [1.54, 1.807) is 11.3 Å². The Balaban J connectivity index is 1.80. The van der Waals surface area contributed by atoms with Gasteiger partial charge in [0.2, 0.25) is 0 Å². The second-order valence-corrected chi connectivity index (χ2v) is 7.01. The molecule has 0 saturated carbocycles. The lowest BCUT2D eigenvalue weighted by Crippen LogP contribution is -2.68. The van der Waals surface area contributed by atoms with Crippen LogP contribution in [0.25, 0.3) is 0 Å². The van der Waals surface area contributed by atoms with E-state index in [-0.39, 0.29) is 5.54 Å². The van der Waals surface area contributed by atoms with Crippen LogP contribution in [-0.2, 0) is 6.54 Å². The molecule has 19 heavy (non-hydrogen) atoms. The average molecular weight is 280 g/mol. The first-order chi connectivity index (χ1) is 9.15. The summed E-state index contributed by atoms with van der Waals surface area (Å²) in [5, 5.41) is 0. The molecule has 0 amide bonds. The van der Waals surface area contributed by atoms with Gasteiger partial charge in [-0.15, -0.1) is 11.3 Å². The molecular weight excluding hydrogens is 256 g/mol. The number of thiazole rings is 1. The summed E-state index contributed by atoms with van der Waals surface area (Å²) in [5.74, 6) is 0.765. The number of hydrogen-bond donors (Lipinski definition) is 1. The zero-order valence-electron chi connectivity index (χ0n) is 11.9. The Kier molecular flexibility index (Phi) is 3.64. The Labute approximate surface area is 119 Å². The fourth-order valence-electron chi connectivity index (χ4n) is 3.82. The van der Waals surface area contributed by atoms with E-state index in [1.807, 2.05) is 5.51 Å². The van der Waals surface area contributed by atoms with Crippen molar-refractivity contribution in [3.8, 4) is 0 Å². The van der Waals surface area contributed by atoms with Gasteiger partial charge in [0.15, 0.2) is 0 Å². The normalized spacial score (nSPS) is 34.1. The monoisotopic (exact) mass is 280 g/mol. The molecule has 3 aliphatic heterocycles. The smallest absolute Gasteiger partial charge is 0.0798 e. The van der Waals surface area contributed by atoms with E-state index in [4.69, 9.17) is 5.73 Å². The number of aromatic nitrogens is 1. The molecule has 0 spiro atoms. The van der Waals surface area contributed by atoms with E-state index in [9.17, 15) is 0 Å². The number of piperidine rings is 3. The predicted molar refractivity (Wildman–Crippen MR) is 79.3 cm³/mol. The van der Waals surface area contributed by atoms with Gasteiger partial charge < -0.3 is 10.6 Å². The van der Waals surface area contributed by atoms with Crippen molar-refractivity contribution < 1.29 is 0 Å². The van der Waals surface area contributed by atoms with Crippen LogP contribution >= 0.6 is 11.3 Å². The maximum absolute atomic E-state index is 6.21. The molecule has 3 fully saturated rings. The average Bonchev–Trinajstić information content (AvgIpc) is 2.85. The highest BCUT2D eigenvalue weighted by Crippen LogP contribution is 2.39. The van der Waals surface area contributed by atoms with Crippen LogP contribution in [0, 0.1) is 12.8 Å². The maximum Gasteiger partial charge on any atom is 0.0798 e. The number of fused-ring (bicyclic) bond motifs is 3. The van der Waals surface area contributed by atoms with Crippen LogP contribution in [-0.4, -0.2) is 53.5 Å². The lowest BCUT2D eigenvalue weighted by molar-refractivity contribution is -0.0593. The minimum absolute atomic E-state index is 0.174. The summed E-state index contributed by atoms with van der Waals surface area (Å²) in [6, 6.07) is 0. The minimum Gasteiger partial charge on any atom is -0.329 e. The molecule has 3 aliphatic rings. The summed E-state index contributed by atoms with van der Waals surface area (Å²) in [4.78, 5) is 10.8. The summed E-state index contributed by atoms with van der Waals surface area (Å²) < 4.78 is 0. The first kappa shape index (κ1) is 13.5. The SMILES string of the molecule is Cc1ncsc1CN(C)C1(CN)CN2CCC1CC2. The van der Waals surface area contributed by atoms with Crippen LogP contribution in [0.2, 0.25) is 0 Å². The van der Waals surface area contributed by atoms with Crippen molar-refractivity contribution in [1.29, 1.82) is 0 Å². The second kappa shape index (κ2) is 5.13. The molecule has 0 aliphatic carbocycles. The van der Waals surface area contributed by atoms with E-state index in [0.29, 0.717) is 0 Å². The highest BCUT2D eigenvalue weighted by atomic mass is 32.1. The van der Waals surface area contributed by atoms with Gasteiger partial charge in [-0.05, 0) is 45.8 Å². The number of rotatable bonds is 4. The standard InChI is InChI=1S/C14H24N4S/c1-11-13(19-10-16-11)7-17(2)14(8-15)9-18-5-3-12(14)4-6-18/h10,12H,3-9,15H2,1-2H3. The van der Waals surface area contributed by atoms with Gasteiger partial charge in [-0.3, -0.25) is 4.90 Å². The lowest BCUT2D eigenvalue weighted by Gasteiger charge is -2.57. The Morgan fingerprint density at radius 3 is 2.74 bits per heavy atom. The molecule has 4 rings (SSSR count). The Bertz CT molecular complexity index is 438. The molecule has 0 radical (unpaired) electrons. The summed E-state index contributed by atoms with van der Waals surface area (Å²) in [5.41, 5.74) is 9.51. The van der Waals surface area contributed by atoms with E-state index < -0.39 is 0 Å². The fraction of sp³-hybridized carbons (Fsp3) is 0.786. The summed E-state index contributed by atoms with van der Waals surface area (Å²) >= 11 is 1.76. The topological polar surface area (TPSA) is 45.4 Å². The molecule has 1 atom stereocenters. The third-order valence-corrected chi connectivity index (χ3v) is 6.10. The van der Waals surface area contributed by atoms with Gasteiger partial charge >= 0.3 is 0 Å². The molecule has 5 heteroatoms. The molecule has 2 bridgehead atoms. The van der Waals surface area contributed by atoms with Crippen LogP contribution in [0.4, 0.5) is 0 Å². The molecule has 1 unspecified atom stereocenters. The third-order valence-electron chi connectivity index (χ3n) is 5.18. The minimum atomic E-state index is 0.174. The zero-order valence-corrected chi connectivity index (χ0v) is 12.7. The van der Waals surface area contributed by atoms with E-state index >= 15 is 0 Å². The molecule has 1 aromatic rings. The highest BCUT2D eigenvalue weighted by Gasteiger charge is 2.48. The van der Waals surface area contributed by atoms with Crippen molar-refractivity contribution in [3.05, 3.63) is 16.1 Å². The molecule has 4 heterocycles. The van der Waals surface area contributed by atoms with Crippen LogP contribution in [0.5, 0.6) is 0 Å². The second-order valence-electron chi connectivity index (χ2n) is 6.08. The van der Waals surface area contributed by atoms with Gasteiger partial charge in [0.1, 0.15) is 0 Å². The van der Waals surface area contributed by atoms with Gasteiger partial charge in [-0.25, -0.2) is 4.98 Å². The van der Waals surface area contributed by atoms with Crippen LogP contribution in [0.3, 0.4) is 0 Å². The summed E-state index contributed by atoms with van der Waals surface area (Å²) in [6.07, 6.45) is 2.62. The van der Waals surface area contributed by atoms with E-state index in [1.165, 1.54) is 36.5 Å². The first-order valence-electron chi connectivity index (χ1n) is 7.18. The maximum atomic E-state index is 6.21. The van der Waals surface area contributed by atoms with Crippen molar-refractivity contribution in [3.63, 3.8) is 0 Å². The van der Waals surface area contributed by atoms with Crippen LogP contribution < -0.4 is 5.73 Å². The molecule has 0 aromatic carbocycles. The molecule has 2 N–H and O–H groups in total. The number of nitrogens with two attached hydrogens (primary N) is 1. The highest BCUT2D eigenvalue weighted by molar-refractivity contribution is 7.09. The number of likely N-dealkylation sites (N-methyl/N-ethyl adjacent to an activating group) is 1. The lowest BCUT2D eigenvalue weighted by atomic mass is 9.72. The zero-order chi connectivity index (χ0) is 13.5. The third kappa shape index (κ3) is 2.23. The largest absolute Gasteiger partial charge is 0.329 e.